The van der Waals surface area contributed by atoms with E-state index in [2.05, 4.69) is 30.5 Å². The Morgan fingerprint density at radius 1 is 1.06 bits per heavy atom. The van der Waals surface area contributed by atoms with Crippen molar-refractivity contribution in [3.8, 4) is 5.82 Å². The van der Waals surface area contributed by atoms with Gasteiger partial charge in [0, 0.05) is 47.8 Å². The first kappa shape index (κ1) is 21.8. The van der Waals surface area contributed by atoms with Gasteiger partial charge >= 0.3 is 0 Å². The summed E-state index contributed by atoms with van der Waals surface area (Å²) in [5.74, 6) is 1.72. The summed E-state index contributed by atoms with van der Waals surface area (Å²) in [5.41, 5.74) is 4.37. The summed E-state index contributed by atoms with van der Waals surface area (Å²) in [6, 6.07) is 15.2. The lowest BCUT2D eigenvalue weighted by Crippen LogP contribution is -2.24. The zero-order valence-corrected chi connectivity index (χ0v) is 19.5. The maximum atomic E-state index is 13.0. The predicted molar refractivity (Wildman–Crippen MR) is 129 cm³/mol. The predicted octanol–water partition coefficient (Wildman–Crippen LogP) is 3.54. The normalized spacial score (nSPS) is 11.1. The lowest BCUT2D eigenvalue weighted by Gasteiger charge is -2.10. The highest BCUT2D eigenvalue weighted by molar-refractivity contribution is 7.98. The first-order valence-corrected chi connectivity index (χ1v) is 11.7. The number of hydrogen-bond donors (Lipinski definition) is 1. The van der Waals surface area contributed by atoms with E-state index in [0.717, 1.165) is 22.5 Å². The maximum Gasteiger partial charge on any atom is 0.253 e. The summed E-state index contributed by atoms with van der Waals surface area (Å²) in [5, 5.41) is 12.4. The van der Waals surface area contributed by atoms with Gasteiger partial charge in [-0.05, 0) is 55.3 Å². The average molecular weight is 471 g/mol. The zero-order chi connectivity index (χ0) is 23.5. The van der Waals surface area contributed by atoms with Crippen molar-refractivity contribution in [1.29, 1.82) is 0 Å². The largest absolute Gasteiger partial charge is 0.348 e. The lowest BCUT2D eigenvalue weighted by atomic mass is 10.1. The van der Waals surface area contributed by atoms with E-state index in [-0.39, 0.29) is 5.91 Å². The van der Waals surface area contributed by atoms with Gasteiger partial charge in [0.05, 0.1) is 0 Å². The van der Waals surface area contributed by atoms with Crippen LogP contribution in [0.5, 0.6) is 0 Å². The van der Waals surface area contributed by atoms with E-state index in [0.29, 0.717) is 34.6 Å². The molecule has 34 heavy (non-hydrogen) atoms. The van der Waals surface area contributed by atoms with Crippen molar-refractivity contribution in [3.05, 3.63) is 95.2 Å². The summed E-state index contributed by atoms with van der Waals surface area (Å²) in [7, 11) is 0. The maximum absolute atomic E-state index is 13.0. The molecule has 0 fully saturated rings. The molecule has 1 amide bonds. The van der Waals surface area contributed by atoms with Crippen molar-refractivity contribution in [2.24, 2.45) is 0 Å². The topological polar surface area (TPSA) is 103 Å². The SMILES string of the molecule is Cc1cc(C)n2nc(SCc3ccccc3C(=O)NCc3ccnc(-n4cccn4)c3)nc2n1. The van der Waals surface area contributed by atoms with Crippen LogP contribution >= 0.6 is 11.8 Å². The number of nitrogens with zero attached hydrogens (tertiary/aromatic N) is 7. The Morgan fingerprint density at radius 3 is 2.79 bits per heavy atom. The number of amides is 1. The fourth-order valence-electron chi connectivity index (χ4n) is 3.60. The quantitative estimate of drug-likeness (QED) is 0.363. The van der Waals surface area contributed by atoms with Crippen molar-refractivity contribution in [2.45, 2.75) is 31.3 Å². The first-order chi connectivity index (χ1) is 16.6. The van der Waals surface area contributed by atoms with Crippen LogP contribution in [-0.2, 0) is 12.3 Å². The van der Waals surface area contributed by atoms with E-state index >= 15 is 0 Å². The molecule has 0 spiro atoms. The molecule has 170 valence electrons. The number of aromatic nitrogens is 7. The van der Waals surface area contributed by atoms with Gasteiger partial charge < -0.3 is 5.32 Å². The molecule has 1 aromatic carbocycles. The molecule has 0 saturated carbocycles. The Bertz CT molecular complexity index is 1460. The highest BCUT2D eigenvalue weighted by Gasteiger charge is 2.14. The third-order valence-corrected chi connectivity index (χ3v) is 6.11. The number of rotatable bonds is 7. The van der Waals surface area contributed by atoms with Gasteiger partial charge in [0.2, 0.25) is 5.16 Å². The highest BCUT2D eigenvalue weighted by atomic mass is 32.2. The van der Waals surface area contributed by atoms with Crippen LogP contribution in [0.2, 0.25) is 0 Å². The van der Waals surface area contributed by atoms with E-state index in [4.69, 9.17) is 0 Å². The molecule has 4 aromatic heterocycles. The molecule has 10 heteroatoms. The second-order valence-electron chi connectivity index (χ2n) is 7.75. The van der Waals surface area contributed by atoms with Gasteiger partial charge in [0.15, 0.2) is 5.82 Å². The van der Waals surface area contributed by atoms with Crippen LogP contribution < -0.4 is 5.32 Å². The van der Waals surface area contributed by atoms with Crippen LogP contribution in [0.4, 0.5) is 0 Å². The van der Waals surface area contributed by atoms with Crippen molar-refractivity contribution < 1.29 is 4.79 Å². The van der Waals surface area contributed by atoms with E-state index in [1.165, 1.54) is 11.8 Å². The molecular formula is C24H22N8OS. The molecule has 1 N–H and O–H groups in total. The van der Waals surface area contributed by atoms with E-state index < -0.39 is 0 Å². The Hall–Kier alpha value is -4.05. The number of carbonyl (C=O) groups is 1. The molecule has 0 saturated heterocycles. The Balaban J connectivity index is 1.27. The van der Waals surface area contributed by atoms with Crippen LogP contribution in [0.1, 0.15) is 32.9 Å². The molecule has 0 atom stereocenters. The van der Waals surface area contributed by atoms with Crippen molar-refractivity contribution in [3.63, 3.8) is 0 Å². The first-order valence-electron chi connectivity index (χ1n) is 10.7. The molecule has 4 heterocycles. The monoisotopic (exact) mass is 470 g/mol. The van der Waals surface area contributed by atoms with Gasteiger partial charge in [0.1, 0.15) is 0 Å². The number of fused-ring (bicyclic) bond motifs is 1. The van der Waals surface area contributed by atoms with Crippen molar-refractivity contribution >= 4 is 23.4 Å². The Morgan fingerprint density at radius 2 is 1.94 bits per heavy atom. The van der Waals surface area contributed by atoms with Gasteiger partial charge in [-0.25, -0.2) is 19.2 Å². The number of carbonyl (C=O) groups excluding carboxylic acids is 1. The molecule has 0 aliphatic heterocycles. The van der Waals surface area contributed by atoms with E-state index in [1.807, 2.05) is 68.6 Å². The summed E-state index contributed by atoms with van der Waals surface area (Å²) in [6.45, 7) is 4.30. The van der Waals surface area contributed by atoms with Gasteiger partial charge in [0.25, 0.3) is 11.7 Å². The number of thioether (sulfide) groups is 1. The Labute approximate surface area is 200 Å². The zero-order valence-electron chi connectivity index (χ0n) is 18.7. The van der Waals surface area contributed by atoms with Crippen LogP contribution in [0.3, 0.4) is 0 Å². The fraction of sp³-hybridized carbons (Fsp3) is 0.167. The van der Waals surface area contributed by atoms with Crippen LogP contribution in [0, 0.1) is 13.8 Å². The van der Waals surface area contributed by atoms with E-state index in [9.17, 15) is 4.79 Å². The molecule has 5 aromatic rings. The molecule has 0 unspecified atom stereocenters. The van der Waals surface area contributed by atoms with Crippen molar-refractivity contribution in [2.75, 3.05) is 0 Å². The Kier molecular flexibility index (Phi) is 6.05. The van der Waals surface area contributed by atoms with Gasteiger partial charge in [-0.3, -0.25) is 4.79 Å². The molecule has 5 rings (SSSR count). The number of benzene rings is 1. The minimum Gasteiger partial charge on any atom is -0.348 e. The van der Waals surface area contributed by atoms with Crippen LogP contribution in [0.15, 0.2) is 72.3 Å². The molecular weight excluding hydrogens is 448 g/mol. The second kappa shape index (κ2) is 9.44. The summed E-state index contributed by atoms with van der Waals surface area (Å²) in [4.78, 5) is 26.3. The average Bonchev–Trinajstić information content (AvgIpc) is 3.52. The third kappa shape index (κ3) is 4.67. The number of aryl methyl sites for hydroxylation is 2. The molecule has 0 aliphatic rings. The molecule has 0 aliphatic carbocycles. The molecule has 9 nitrogen and oxygen atoms in total. The highest BCUT2D eigenvalue weighted by Crippen LogP contribution is 2.23. The van der Waals surface area contributed by atoms with E-state index in [1.54, 1.807) is 21.6 Å². The van der Waals surface area contributed by atoms with Gasteiger partial charge in [-0.15, -0.1) is 5.10 Å². The smallest absolute Gasteiger partial charge is 0.253 e. The number of nitrogens with one attached hydrogen (secondary N) is 1. The summed E-state index contributed by atoms with van der Waals surface area (Å²) < 4.78 is 3.42. The summed E-state index contributed by atoms with van der Waals surface area (Å²) >= 11 is 1.48. The second-order valence-corrected chi connectivity index (χ2v) is 8.69. The minimum atomic E-state index is -0.134. The van der Waals surface area contributed by atoms with Crippen LogP contribution in [0.25, 0.3) is 11.6 Å². The molecule has 0 radical (unpaired) electrons. The minimum absolute atomic E-state index is 0.134. The van der Waals surface area contributed by atoms with Gasteiger partial charge in [-0.1, -0.05) is 30.0 Å². The summed E-state index contributed by atoms with van der Waals surface area (Å²) in [6.07, 6.45) is 5.24. The third-order valence-electron chi connectivity index (χ3n) is 5.22. The fourth-order valence-corrected chi connectivity index (χ4v) is 4.42. The standard InChI is InChI=1S/C24H22N8OS/c1-16-12-17(2)32-23(28-16)29-24(30-32)34-15-19-6-3-4-7-20(19)22(33)26-14-18-8-10-25-21(13-18)31-11-5-9-27-31/h3-13H,14-15H2,1-2H3,(H,26,33). The van der Waals surface area contributed by atoms with Gasteiger partial charge in [-0.2, -0.15) is 10.1 Å². The number of pyridine rings is 1. The lowest BCUT2D eigenvalue weighted by molar-refractivity contribution is 0.0950. The van der Waals surface area contributed by atoms with Crippen LogP contribution in [-0.4, -0.2) is 40.3 Å². The molecule has 0 bridgehead atoms. The van der Waals surface area contributed by atoms with Crippen molar-refractivity contribution in [1.82, 2.24) is 39.7 Å². The number of hydrogen-bond acceptors (Lipinski definition) is 7.